The molecule has 0 bridgehead atoms. The topological polar surface area (TPSA) is 50.1 Å². The molecule has 2 rings (SSSR count). The Morgan fingerprint density at radius 1 is 1.37 bits per heavy atom. The molecule has 2 atom stereocenters. The summed E-state index contributed by atoms with van der Waals surface area (Å²) < 4.78 is 1.98. The second kappa shape index (κ2) is 6.17. The molecule has 19 heavy (non-hydrogen) atoms. The number of aromatic nitrogens is 2. The van der Waals surface area contributed by atoms with E-state index < -0.39 is 6.10 Å². The van der Waals surface area contributed by atoms with Gasteiger partial charge in [0, 0.05) is 13.1 Å². The number of rotatable bonds is 6. The molecule has 0 aliphatic heterocycles. The highest BCUT2D eigenvalue weighted by molar-refractivity contribution is 5.76. The Morgan fingerprint density at radius 2 is 2.16 bits per heavy atom. The zero-order valence-corrected chi connectivity index (χ0v) is 11.9. The lowest BCUT2D eigenvalue weighted by molar-refractivity contribution is 0.126. The third-order valence-corrected chi connectivity index (χ3v) is 3.57. The molecule has 0 aliphatic carbocycles. The molecule has 0 spiro atoms. The van der Waals surface area contributed by atoms with Crippen molar-refractivity contribution in [1.82, 2.24) is 14.9 Å². The van der Waals surface area contributed by atoms with Crippen LogP contribution in [-0.4, -0.2) is 27.2 Å². The highest BCUT2D eigenvalue weighted by atomic mass is 16.3. The predicted molar refractivity (Wildman–Crippen MR) is 78.0 cm³/mol. The summed E-state index contributed by atoms with van der Waals surface area (Å²) in [6.45, 7) is 5.16. The summed E-state index contributed by atoms with van der Waals surface area (Å²) in [5.41, 5.74) is 2.96. The lowest BCUT2D eigenvalue weighted by Gasteiger charge is -2.23. The Hall–Kier alpha value is -1.39. The van der Waals surface area contributed by atoms with Gasteiger partial charge < -0.3 is 15.0 Å². The van der Waals surface area contributed by atoms with Crippen molar-refractivity contribution in [2.45, 2.75) is 38.8 Å². The van der Waals surface area contributed by atoms with Gasteiger partial charge in [0.05, 0.1) is 23.5 Å². The molecule has 0 radical (unpaired) electrons. The number of hydrogen-bond donors (Lipinski definition) is 2. The molecule has 1 aromatic heterocycles. The molecule has 104 valence electrons. The second-order valence-corrected chi connectivity index (χ2v) is 5.02. The summed E-state index contributed by atoms with van der Waals surface area (Å²) in [5, 5.41) is 13.9. The molecule has 0 aliphatic rings. The van der Waals surface area contributed by atoms with Gasteiger partial charge in [0.2, 0.25) is 0 Å². The summed E-state index contributed by atoms with van der Waals surface area (Å²) in [4.78, 5) is 4.34. The van der Waals surface area contributed by atoms with Crippen molar-refractivity contribution >= 4 is 11.0 Å². The monoisotopic (exact) mass is 261 g/mol. The Bertz CT molecular complexity index is 535. The molecule has 2 aromatic rings. The van der Waals surface area contributed by atoms with Gasteiger partial charge in [0.15, 0.2) is 0 Å². The first kappa shape index (κ1) is 14.0. The van der Waals surface area contributed by atoms with Gasteiger partial charge in [-0.05, 0) is 37.1 Å². The number of imidazole rings is 1. The number of aliphatic hydroxyl groups is 1. The summed E-state index contributed by atoms with van der Waals surface area (Å²) in [7, 11) is 1.98. The third-order valence-electron chi connectivity index (χ3n) is 3.57. The van der Waals surface area contributed by atoms with Crippen LogP contribution in [-0.2, 0) is 7.05 Å². The van der Waals surface area contributed by atoms with Crippen LogP contribution in [0.15, 0.2) is 24.5 Å². The number of aliphatic hydroxyl groups excluding tert-OH is 1. The fourth-order valence-corrected chi connectivity index (χ4v) is 2.38. The maximum absolute atomic E-state index is 10.5. The molecule has 0 amide bonds. The fourth-order valence-electron chi connectivity index (χ4n) is 2.38. The molecule has 2 unspecified atom stereocenters. The molecule has 1 heterocycles. The SMILES string of the molecule is CCCNC(CC)C(O)c1ccc2c(c1)ncn2C. The van der Waals surface area contributed by atoms with Crippen molar-refractivity contribution < 1.29 is 5.11 Å². The number of fused-ring (bicyclic) bond motifs is 1. The van der Waals surface area contributed by atoms with Crippen LogP contribution in [0.2, 0.25) is 0 Å². The number of hydrogen-bond acceptors (Lipinski definition) is 3. The van der Waals surface area contributed by atoms with Crippen LogP contribution >= 0.6 is 0 Å². The third kappa shape index (κ3) is 2.96. The molecule has 4 nitrogen and oxygen atoms in total. The van der Waals surface area contributed by atoms with Gasteiger partial charge in [0.1, 0.15) is 0 Å². The van der Waals surface area contributed by atoms with Crippen molar-refractivity contribution in [2.24, 2.45) is 7.05 Å². The van der Waals surface area contributed by atoms with Crippen LogP contribution in [0, 0.1) is 0 Å². The van der Waals surface area contributed by atoms with Gasteiger partial charge in [-0.15, -0.1) is 0 Å². The molecule has 0 saturated carbocycles. The molecular formula is C15H23N3O. The van der Waals surface area contributed by atoms with Crippen LogP contribution in [0.25, 0.3) is 11.0 Å². The van der Waals surface area contributed by atoms with E-state index >= 15 is 0 Å². The van der Waals surface area contributed by atoms with Crippen molar-refractivity contribution in [3.05, 3.63) is 30.1 Å². The summed E-state index contributed by atoms with van der Waals surface area (Å²) in [5.74, 6) is 0. The van der Waals surface area contributed by atoms with Crippen LogP contribution in [0.5, 0.6) is 0 Å². The van der Waals surface area contributed by atoms with E-state index in [-0.39, 0.29) is 6.04 Å². The van der Waals surface area contributed by atoms with E-state index in [0.29, 0.717) is 0 Å². The first-order valence-electron chi connectivity index (χ1n) is 6.99. The van der Waals surface area contributed by atoms with Gasteiger partial charge in [-0.1, -0.05) is 19.9 Å². The fraction of sp³-hybridized carbons (Fsp3) is 0.533. The van der Waals surface area contributed by atoms with E-state index in [4.69, 9.17) is 0 Å². The Kier molecular flexibility index (Phi) is 4.56. The lowest BCUT2D eigenvalue weighted by Crippen LogP contribution is -2.34. The largest absolute Gasteiger partial charge is 0.387 e. The van der Waals surface area contributed by atoms with E-state index in [2.05, 4.69) is 24.1 Å². The highest BCUT2D eigenvalue weighted by Gasteiger charge is 2.19. The zero-order valence-electron chi connectivity index (χ0n) is 11.9. The minimum Gasteiger partial charge on any atom is -0.387 e. The molecule has 0 fully saturated rings. The van der Waals surface area contributed by atoms with Crippen molar-refractivity contribution in [1.29, 1.82) is 0 Å². The van der Waals surface area contributed by atoms with Gasteiger partial charge in [-0.3, -0.25) is 0 Å². The Balaban J connectivity index is 2.21. The minimum atomic E-state index is -0.483. The van der Waals surface area contributed by atoms with Gasteiger partial charge in [-0.25, -0.2) is 4.98 Å². The van der Waals surface area contributed by atoms with Crippen LogP contribution < -0.4 is 5.32 Å². The maximum Gasteiger partial charge on any atom is 0.0955 e. The van der Waals surface area contributed by atoms with E-state index in [0.717, 1.165) is 36.0 Å². The van der Waals surface area contributed by atoms with Crippen LogP contribution in [0.3, 0.4) is 0 Å². The smallest absolute Gasteiger partial charge is 0.0955 e. The van der Waals surface area contributed by atoms with Crippen LogP contribution in [0.4, 0.5) is 0 Å². The Labute approximate surface area is 114 Å². The number of benzene rings is 1. The zero-order chi connectivity index (χ0) is 13.8. The standard InChI is InChI=1S/C15H23N3O/c1-4-8-16-12(5-2)15(19)11-6-7-14-13(9-11)17-10-18(14)3/h6-7,9-10,12,15-16,19H,4-5,8H2,1-3H3. The molecular weight excluding hydrogens is 238 g/mol. The molecule has 2 N–H and O–H groups in total. The quantitative estimate of drug-likeness (QED) is 0.839. The average Bonchev–Trinajstić information content (AvgIpc) is 2.80. The summed E-state index contributed by atoms with van der Waals surface area (Å²) in [6, 6.07) is 6.09. The maximum atomic E-state index is 10.5. The van der Waals surface area contributed by atoms with E-state index in [1.54, 1.807) is 6.33 Å². The molecule has 4 heteroatoms. The summed E-state index contributed by atoms with van der Waals surface area (Å²) in [6.07, 6.45) is 3.29. The van der Waals surface area contributed by atoms with Crippen molar-refractivity contribution in [3.8, 4) is 0 Å². The van der Waals surface area contributed by atoms with E-state index in [1.165, 1.54) is 0 Å². The van der Waals surface area contributed by atoms with Crippen molar-refractivity contribution in [2.75, 3.05) is 6.54 Å². The predicted octanol–water partition coefficient (Wildman–Crippen LogP) is 2.38. The van der Waals surface area contributed by atoms with Gasteiger partial charge in [-0.2, -0.15) is 0 Å². The van der Waals surface area contributed by atoms with Crippen molar-refractivity contribution in [3.63, 3.8) is 0 Å². The second-order valence-electron chi connectivity index (χ2n) is 5.02. The van der Waals surface area contributed by atoms with E-state index in [9.17, 15) is 5.11 Å². The average molecular weight is 261 g/mol. The molecule has 0 saturated heterocycles. The van der Waals surface area contributed by atoms with E-state index in [1.807, 2.05) is 29.8 Å². The van der Waals surface area contributed by atoms with Crippen LogP contribution in [0.1, 0.15) is 38.4 Å². The Morgan fingerprint density at radius 3 is 2.84 bits per heavy atom. The minimum absolute atomic E-state index is 0.0983. The van der Waals surface area contributed by atoms with Gasteiger partial charge >= 0.3 is 0 Å². The first-order chi connectivity index (χ1) is 9.17. The highest BCUT2D eigenvalue weighted by Crippen LogP contribution is 2.22. The lowest BCUT2D eigenvalue weighted by atomic mass is 9.99. The molecule has 1 aromatic carbocycles. The number of nitrogens with one attached hydrogen (secondary N) is 1. The normalized spacial score (nSPS) is 14.7. The summed E-state index contributed by atoms with van der Waals surface area (Å²) >= 11 is 0. The number of nitrogens with zero attached hydrogens (tertiary/aromatic N) is 2. The first-order valence-corrected chi connectivity index (χ1v) is 6.99. The number of aryl methyl sites for hydroxylation is 1. The van der Waals surface area contributed by atoms with Gasteiger partial charge in [0.25, 0.3) is 0 Å².